The molecule has 132 valence electrons. The van der Waals surface area contributed by atoms with Gasteiger partial charge in [0.05, 0.1) is 4.88 Å². The number of carbonyl (C=O) groups is 2. The molecule has 1 atom stereocenters. The lowest BCUT2D eigenvalue weighted by Gasteiger charge is -2.34. The molecule has 1 N–H and O–H groups in total. The molecule has 1 saturated heterocycles. The van der Waals surface area contributed by atoms with E-state index in [0.29, 0.717) is 23.0 Å². The van der Waals surface area contributed by atoms with Crippen LogP contribution < -0.4 is 5.32 Å². The largest absolute Gasteiger partial charge is 0.354 e. The molecule has 0 aliphatic carbocycles. The molecule has 1 aromatic heterocycles. The summed E-state index contributed by atoms with van der Waals surface area (Å²) in [5.74, 6) is -0.0916. The number of likely N-dealkylation sites (tertiary alicyclic amines) is 1. The molecule has 1 fully saturated rings. The van der Waals surface area contributed by atoms with Crippen LogP contribution in [0.5, 0.6) is 0 Å². The van der Waals surface area contributed by atoms with Crippen LogP contribution in [0.2, 0.25) is 5.02 Å². The van der Waals surface area contributed by atoms with E-state index in [9.17, 15) is 9.59 Å². The van der Waals surface area contributed by atoms with Crippen LogP contribution in [0.4, 0.5) is 0 Å². The quantitative estimate of drug-likeness (QED) is 0.863. The minimum Gasteiger partial charge on any atom is -0.354 e. The highest BCUT2D eigenvalue weighted by atomic mass is 35.5. The van der Waals surface area contributed by atoms with E-state index in [1.165, 1.54) is 11.3 Å². The van der Waals surface area contributed by atoms with Crippen LogP contribution in [0.3, 0.4) is 0 Å². The van der Waals surface area contributed by atoms with Crippen LogP contribution in [0.1, 0.15) is 34.5 Å². The Morgan fingerprint density at radius 2 is 2.00 bits per heavy atom. The first kappa shape index (κ1) is 18.0. The topological polar surface area (TPSA) is 49.4 Å². The lowest BCUT2D eigenvalue weighted by atomic mass is 10.0. The standard InChI is InChI=1S/C19H21ClN2O2S/c20-15-8-6-14(7-9-15)10-11-21-18(23)16-4-1-2-12-22(16)19(24)17-5-3-13-25-17/h3,5-9,13,16H,1-2,4,10-12H2,(H,21,23). The van der Waals surface area contributed by atoms with Gasteiger partial charge in [0.15, 0.2) is 0 Å². The normalized spacial score (nSPS) is 17.3. The molecule has 1 aliphatic rings. The van der Waals surface area contributed by atoms with Gasteiger partial charge in [0.2, 0.25) is 5.91 Å². The maximum absolute atomic E-state index is 12.6. The summed E-state index contributed by atoms with van der Waals surface area (Å²) in [4.78, 5) is 27.7. The number of hydrogen-bond donors (Lipinski definition) is 1. The first-order valence-corrected chi connectivity index (χ1v) is 9.77. The summed E-state index contributed by atoms with van der Waals surface area (Å²) in [5, 5.41) is 5.58. The van der Waals surface area contributed by atoms with Crippen molar-refractivity contribution in [3.8, 4) is 0 Å². The monoisotopic (exact) mass is 376 g/mol. The summed E-state index contributed by atoms with van der Waals surface area (Å²) < 4.78 is 0. The first-order valence-electron chi connectivity index (χ1n) is 8.52. The van der Waals surface area contributed by atoms with Crippen LogP contribution in [-0.2, 0) is 11.2 Å². The molecule has 0 radical (unpaired) electrons. The van der Waals surface area contributed by atoms with Crippen LogP contribution in [0.25, 0.3) is 0 Å². The van der Waals surface area contributed by atoms with Crippen molar-refractivity contribution in [2.75, 3.05) is 13.1 Å². The molecule has 0 spiro atoms. The Kier molecular flexibility index (Phi) is 6.10. The Balaban J connectivity index is 1.57. The second kappa shape index (κ2) is 8.50. The summed E-state index contributed by atoms with van der Waals surface area (Å²) in [5.41, 5.74) is 1.12. The van der Waals surface area contributed by atoms with Crippen molar-refractivity contribution >= 4 is 34.8 Å². The zero-order valence-electron chi connectivity index (χ0n) is 13.9. The minimum absolute atomic E-state index is 0.0347. The average Bonchev–Trinajstić information content (AvgIpc) is 3.17. The molecule has 0 saturated carbocycles. The van der Waals surface area contributed by atoms with Gasteiger partial charge in [0.1, 0.15) is 6.04 Å². The Morgan fingerprint density at radius 3 is 2.72 bits per heavy atom. The molecule has 25 heavy (non-hydrogen) atoms. The molecule has 2 heterocycles. The maximum Gasteiger partial charge on any atom is 0.264 e. The van der Waals surface area contributed by atoms with Gasteiger partial charge in [-0.3, -0.25) is 9.59 Å². The van der Waals surface area contributed by atoms with Crippen LogP contribution in [0.15, 0.2) is 41.8 Å². The molecule has 4 nitrogen and oxygen atoms in total. The Morgan fingerprint density at radius 1 is 1.20 bits per heavy atom. The van der Waals surface area contributed by atoms with E-state index in [0.717, 1.165) is 31.2 Å². The third-order valence-electron chi connectivity index (χ3n) is 4.42. The Bertz CT molecular complexity index is 716. The first-order chi connectivity index (χ1) is 12.1. The summed E-state index contributed by atoms with van der Waals surface area (Å²) in [6, 6.07) is 10.9. The van der Waals surface area contributed by atoms with E-state index in [-0.39, 0.29) is 17.9 Å². The highest BCUT2D eigenvalue weighted by Gasteiger charge is 2.32. The Hall–Kier alpha value is -1.85. The van der Waals surface area contributed by atoms with Gasteiger partial charge in [0.25, 0.3) is 5.91 Å². The zero-order valence-corrected chi connectivity index (χ0v) is 15.5. The van der Waals surface area contributed by atoms with Gasteiger partial charge < -0.3 is 10.2 Å². The molecular formula is C19H21ClN2O2S. The highest BCUT2D eigenvalue weighted by Crippen LogP contribution is 2.22. The SMILES string of the molecule is O=C(NCCc1ccc(Cl)cc1)C1CCCCN1C(=O)c1cccs1. The predicted octanol–water partition coefficient (Wildman–Crippen LogP) is 3.76. The lowest BCUT2D eigenvalue weighted by Crippen LogP contribution is -2.52. The second-order valence-corrected chi connectivity index (χ2v) is 7.54. The molecule has 2 aromatic rings. The van der Waals surface area contributed by atoms with Crippen molar-refractivity contribution in [2.45, 2.75) is 31.7 Å². The van der Waals surface area contributed by atoms with Crippen molar-refractivity contribution in [3.05, 3.63) is 57.2 Å². The fourth-order valence-corrected chi connectivity index (χ4v) is 3.89. The van der Waals surface area contributed by atoms with Crippen molar-refractivity contribution in [2.24, 2.45) is 0 Å². The number of nitrogens with zero attached hydrogens (tertiary/aromatic N) is 1. The van der Waals surface area contributed by atoms with Crippen LogP contribution in [-0.4, -0.2) is 35.8 Å². The van der Waals surface area contributed by atoms with Crippen molar-refractivity contribution in [1.82, 2.24) is 10.2 Å². The van der Waals surface area contributed by atoms with E-state index in [1.807, 2.05) is 41.8 Å². The van der Waals surface area contributed by atoms with E-state index >= 15 is 0 Å². The van der Waals surface area contributed by atoms with Gasteiger partial charge in [-0.25, -0.2) is 0 Å². The predicted molar refractivity (Wildman–Crippen MR) is 101 cm³/mol. The van der Waals surface area contributed by atoms with Crippen molar-refractivity contribution in [1.29, 1.82) is 0 Å². The van der Waals surface area contributed by atoms with Crippen LogP contribution >= 0.6 is 22.9 Å². The maximum atomic E-state index is 12.6. The summed E-state index contributed by atoms with van der Waals surface area (Å²) in [6.45, 7) is 1.20. The molecule has 3 rings (SSSR count). The summed E-state index contributed by atoms with van der Waals surface area (Å²) in [6.07, 6.45) is 3.40. The minimum atomic E-state index is -0.367. The third-order valence-corrected chi connectivity index (χ3v) is 5.53. The number of piperidine rings is 1. The average molecular weight is 377 g/mol. The molecule has 6 heteroatoms. The van der Waals surface area contributed by atoms with Crippen LogP contribution in [0, 0.1) is 0 Å². The third kappa shape index (κ3) is 4.61. The van der Waals surface area contributed by atoms with Gasteiger partial charge >= 0.3 is 0 Å². The lowest BCUT2D eigenvalue weighted by molar-refractivity contribution is -0.126. The number of benzene rings is 1. The molecule has 2 amide bonds. The van der Waals surface area contributed by atoms with E-state index in [2.05, 4.69) is 5.32 Å². The van der Waals surface area contributed by atoms with E-state index in [4.69, 9.17) is 11.6 Å². The number of rotatable bonds is 5. The number of hydrogen-bond acceptors (Lipinski definition) is 3. The zero-order chi connectivity index (χ0) is 17.6. The number of thiophene rings is 1. The molecule has 1 aromatic carbocycles. The van der Waals surface area contributed by atoms with Crippen molar-refractivity contribution < 1.29 is 9.59 Å². The van der Waals surface area contributed by atoms with Crippen molar-refractivity contribution in [3.63, 3.8) is 0 Å². The molecule has 0 bridgehead atoms. The number of nitrogens with one attached hydrogen (secondary N) is 1. The van der Waals surface area contributed by atoms with Gasteiger partial charge in [-0.1, -0.05) is 29.8 Å². The number of amides is 2. The summed E-state index contributed by atoms with van der Waals surface area (Å²) >= 11 is 7.30. The summed E-state index contributed by atoms with van der Waals surface area (Å²) in [7, 11) is 0. The molecule has 1 unspecified atom stereocenters. The van der Waals surface area contributed by atoms with E-state index in [1.54, 1.807) is 4.90 Å². The van der Waals surface area contributed by atoms with Gasteiger partial charge in [0, 0.05) is 18.1 Å². The van der Waals surface area contributed by atoms with Gasteiger partial charge in [-0.05, 0) is 54.8 Å². The Labute approximate surface area is 156 Å². The number of halogens is 1. The molecular weight excluding hydrogens is 356 g/mol. The van der Waals surface area contributed by atoms with E-state index < -0.39 is 0 Å². The fourth-order valence-electron chi connectivity index (χ4n) is 3.09. The smallest absolute Gasteiger partial charge is 0.264 e. The fraction of sp³-hybridized carbons (Fsp3) is 0.368. The number of carbonyl (C=O) groups excluding carboxylic acids is 2. The second-order valence-electron chi connectivity index (χ2n) is 6.15. The van der Waals surface area contributed by atoms with Gasteiger partial charge in [-0.2, -0.15) is 0 Å². The highest BCUT2D eigenvalue weighted by molar-refractivity contribution is 7.12. The van der Waals surface area contributed by atoms with Gasteiger partial charge in [-0.15, -0.1) is 11.3 Å². The molecule has 1 aliphatic heterocycles.